The number of benzene rings is 1. The van der Waals surface area contributed by atoms with Gasteiger partial charge in [0.25, 0.3) is 5.91 Å². The number of aromatic amines is 1. The number of H-pyrrole nitrogens is 1. The monoisotopic (exact) mass is 285 g/mol. The van der Waals surface area contributed by atoms with E-state index < -0.39 is 0 Å². The SMILES string of the molecule is Cc1[nH]nc(NC(=O)c2c(C)c(C)c(C)c(C)c2C)c1C. The molecule has 0 aliphatic rings. The van der Waals surface area contributed by atoms with Gasteiger partial charge in [0.2, 0.25) is 0 Å². The highest BCUT2D eigenvalue weighted by molar-refractivity contribution is 6.06. The Morgan fingerprint density at radius 2 is 1.29 bits per heavy atom. The van der Waals surface area contributed by atoms with E-state index in [2.05, 4.69) is 36.3 Å². The van der Waals surface area contributed by atoms with E-state index in [9.17, 15) is 4.79 Å². The maximum atomic E-state index is 12.7. The normalized spacial score (nSPS) is 10.8. The lowest BCUT2D eigenvalue weighted by Crippen LogP contribution is -2.18. The van der Waals surface area contributed by atoms with Gasteiger partial charge in [-0.1, -0.05) is 0 Å². The molecule has 0 saturated carbocycles. The molecule has 0 saturated heterocycles. The molecule has 0 bridgehead atoms. The van der Waals surface area contributed by atoms with Crippen molar-refractivity contribution < 1.29 is 4.79 Å². The number of anilines is 1. The first-order chi connectivity index (χ1) is 9.75. The van der Waals surface area contributed by atoms with Gasteiger partial charge in [0, 0.05) is 16.8 Å². The number of nitrogens with zero attached hydrogens (tertiary/aromatic N) is 1. The third kappa shape index (κ3) is 2.46. The summed E-state index contributed by atoms with van der Waals surface area (Å²) in [6.07, 6.45) is 0. The zero-order valence-electron chi connectivity index (χ0n) is 13.9. The molecule has 0 fully saturated rings. The second-order valence-electron chi connectivity index (χ2n) is 5.78. The van der Waals surface area contributed by atoms with Crippen molar-refractivity contribution >= 4 is 11.7 Å². The second kappa shape index (κ2) is 5.35. The largest absolute Gasteiger partial charge is 0.305 e. The minimum atomic E-state index is -0.0919. The van der Waals surface area contributed by atoms with Gasteiger partial charge in [-0.15, -0.1) is 0 Å². The van der Waals surface area contributed by atoms with Crippen LogP contribution in [0.15, 0.2) is 0 Å². The second-order valence-corrected chi connectivity index (χ2v) is 5.78. The Kier molecular flexibility index (Phi) is 3.90. The third-order valence-corrected chi connectivity index (χ3v) is 4.71. The Morgan fingerprint density at radius 1 is 0.810 bits per heavy atom. The van der Waals surface area contributed by atoms with Gasteiger partial charge in [0.1, 0.15) is 0 Å². The van der Waals surface area contributed by atoms with Gasteiger partial charge < -0.3 is 5.32 Å². The average Bonchev–Trinajstić information content (AvgIpc) is 2.75. The number of carbonyl (C=O) groups excluding carboxylic acids is 1. The molecule has 4 nitrogen and oxygen atoms in total. The molecule has 0 atom stereocenters. The van der Waals surface area contributed by atoms with E-state index in [4.69, 9.17) is 0 Å². The lowest BCUT2D eigenvalue weighted by molar-refractivity contribution is 0.102. The van der Waals surface area contributed by atoms with Crippen LogP contribution in [0, 0.1) is 48.5 Å². The van der Waals surface area contributed by atoms with E-state index in [1.807, 2.05) is 27.7 Å². The zero-order chi connectivity index (χ0) is 15.9. The molecule has 112 valence electrons. The molecule has 2 rings (SSSR count). The first kappa shape index (κ1) is 15.3. The molecule has 0 aliphatic carbocycles. The van der Waals surface area contributed by atoms with Crippen LogP contribution in [0.4, 0.5) is 5.82 Å². The molecule has 1 aromatic carbocycles. The van der Waals surface area contributed by atoms with Crippen molar-refractivity contribution in [3.05, 3.63) is 44.6 Å². The average molecular weight is 285 g/mol. The molecule has 0 aliphatic heterocycles. The number of hydrogen-bond donors (Lipinski definition) is 2. The first-order valence-electron chi connectivity index (χ1n) is 7.15. The van der Waals surface area contributed by atoms with E-state index >= 15 is 0 Å². The van der Waals surface area contributed by atoms with Crippen LogP contribution in [0.5, 0.6) is 0 Å². The van der Waals surface area contributed by atoms with Crippen molar-refractivity contribution in [1.82, 2.24) is 10.2 Å². The summed E-state index contributed by atoms with van der Waals surface area (Å²) < 4.78 is 0. The van der Waals surface area contributed by atoms with Gasteiger partial charge in [-0.25, -0.2) is 0 Å². The number of rotatable bonds is 2. The minimum Gasteiger partial charge on any atom is -0.305 e. The number of aromatic nitrogens is 2. The van der Waals surface area contributed by atoms with Crippen LogP contribution in [0.2, 0.25) is 0 Å². The van der Waals surface area contributed by atoms with Gasteiger partial charge in [0.15, 0.2) is 5.82 Å². The van der Waals surface area contributed by atoms with Crippen molar-refractivity contribution in [3.8, 4) is 0 Å². The maximum absolute atomic E-state index is 12.7. The van der Waals surface area contributed by atoms with Crippen LogP contribution in [-0.4, -0.2) is 16.1 Å². The van der Waals surface area contributed by atoms with Crippen molar-refractivity contribution in [2.24, 2.45) is 0 Å². The number of nitrogens with one attached hydrogen (secondary N) is 2. The van der Waals surface area contributed by atoms with Crippen LogP contribution in [-0.2, 0) is 0 Å². The van der Waals surface area contributed by atoms with E-state index in [1.165, 1.54) is 16.7 Å². The fourth-order valence-electron chi connectivity index (χ4n) is 2.62. The van der Waals surface area contributed by atoms with Crippen LogP contribution < -0.4 is 5.32 Å². The summed E-state index contributed by atoms with van der Waals surface area (Å²) in [6.45, 7) is 14.1. The van der Waals surface area contributed by atoms with E-state index in [-0.39, 0.29) is 5.91 Å². The third-order valence-electron chi connectivity index (χ3n) is 4.71. The summed E-state index contributed by atoms with van der Waals surface area (Å²) >= 11 is 0. The first-order valence-corrected chi connectivity index (χ1v) is 7.15. The molecule has 0 spiro atoms. The van der Waals surface area contributed by atoms with Crippen LogP contribution in [0.1, 0.15) is 49.4 Å². The van der Waals surface area contributed by atoms with E-state index in [0.717, 1.165) is 27.9 Å². The summed E-state index contributed by atoms with van der Waals surface area (Å²) in [5, 5.41) is 9.96. The number of amides is 1. The fourth-order valence-corrected chi connectivity index (χ4v) is 2.62. The molecule has 1 amide bonds. The summed E-state index contributed by atoms with van der Waals surface area (Å²) in [5.41, 5.74) is 8.39. The smallest absolute Gasteiger partial charge is 0.257 e. The Balaban J connectivity index is 2.47. The summed E-state index contributed by atoms with van der Waals surface area (Å²) in [5.74, 6) is 0.512. The van der Waals surface area contributed by atoms with Crippen LogP contribution >= 0.6 is 0 Å². The van der Waals surface area contributed by atoms with Crippen molar-refractivity contribution in [3.63, 3.8) is 0 Å². The summed E-state index contributed by atoms with van der Waals surface area (Å²) in [6, 6.07) is 0. The quantitative estimate of drug-likeness (QED) is 0.881. The Hall–Kier alpha value is -2.10. The zero-order valence-corrected chi connectivity index (χ0v) is 13.9. The van der Waals surface area contributed by atoms with Gasteiger partial charge in [0.05, 0.1) is 0 Å². The molecule has 2 N–H and O–H groups in total. The Bertz CT molecular complexity index is 697. The van der Waals surface area contributed by atoms with Gasteiger partial charge in [-0.05, 0) is 76.3 Å². The molecule has 4 heteroatoms. The lowest BCUT2D eigenvalue weighted by Gasteiger charge is -2.18. The maximum Gasteiger partial charge on any atom is 0.257 e. The standard InChI is InChI=1S/C17H23N3O/c1-8-9(2)11(4)15(12(5)10(8)3)17(21)18-16-13(6)14(7)19-20-16/h1-7H3,(H2,18,19,20,21). The van der Waals surface area contributed by atoms with Crippen molar-refractivity contribution in [2.45, 2.75) is 48.5 Å². The molecule has 0 radical (unpaired) electrons. The predicted octanol–water partition coefficient (Wildman–Crippen LogP) is 3.82. The number of hydrogen-bond acceptors (Lipinski definition) is 2. The number of carbonyl (C=O) groups is 1. The van der Waals surface area contributed by atoms with E-state index in [1.54, 1.807) is 0 Å². The summed E-state index contributed by atoms with van der Waals surface area (Å²) in [4.78, 5) is 12.7. The molecular formula is C17H23N3O. The number of aryl methyl sites for hydroxylation is 1. The van der Waals surface area contributed by atoms with Crippen molar-refractivity contribution in [2.75, 3.05) is 5.32 Å². The summed E-state index contributed by atoms with van der Waals surface area (Å²) in [7, 11) is 0. The topological polar surface area (TPSA) is 57.8 Å². The Labute approximate surface area is 126 Å². The fraction of sp³-hybridized carbons (Fsp3) is 0.412. The molecule has 1 heterocycles. The van der Waals surface area contributed by atoms with Crippen molar-refractivity contribution in [1.29, 1.82) is 0 Å². The van der Waals surface area contributed by atoms with Gasteiger partial charge >= 0.3 is 0 Å². The Morgan fingerprint density at radius 3 is 1.71 bits per heavy atom. The molecule has 21 heavy (non-hydrogen) atoms. The molecule has 1 aromatic heterocycles. The highest BCUT2D eigenvalue weighted by atomic mass is 16.1. The molecule has 0 unspecified atom stereocenters. The van der Waals surface area contributed by atoms with Gasteiger partial charge in [-0.3, -0.25) is 9.89 Å². The van der Waals surface area contributed by atoms with Gasteiger partial charge in [-0.2, -0.15) is 5.10 Å². The minimum absolute atomic E-state index is 0.0919. The van der Waals surface area contributed by atoms with Crippen LogP contribution in [0.25, 0.3) is 0 Å². The highest BCUT2D eigenvalue weighted by Crippen LogP contribution is 2.27. The van der Waals surface area contributed by atoms with Crippen LogP contribution in [0.3, 0.4) is 0 Å². The predicted molar refractivity (Wildman–Crippen MR) is 86.1 cm³/mol. The molecule has 2 aromatic rings. The van der Waals surface area contributed by atoms with E-state index in [0.29, 0.717) is 5.82 Å². The lowest BCUT2D eigenvalue weighted by atomic mass is 9.89. The molecular weight excluding hydrogens is 262 g/mol. The highest BCUT2D eigenvalue weighted by Gasteiger charge is 2.19.